The van der Waals surface area contributed by atoms with E-state index in [2.05, 4.69) is 5.32 Å². The van der Waals surface area contributed by atoms with Crippen molar-refractivity contribution < 1.29 is 22.7 Å². The van der Waals surface area contributed by atoms with Crippen molar-refractivity contribution in [3.05, 3.63) is 70.8 Å². The molecule has 1 heterocycles. The molecule has 0 radical (unpaired) electrons. The quantitative estimate of drug-likeness (QED) is 0.601. The number of amides is 2. The normalized spacial score (nSPS) is 21.5. The average Bonchev–Trinajstić information content (AvgIpc) is 3.53. The number of carbonyl (C=O) groups excluding carboxylic acids is 1. The molecule has 30 heavy (non-hydrogen) atoms. The molecule has 2 aliphatic rings. The van der Waals surface area contributed by atoms with Gasteiger partial charge < -0.3 is 10.1 Å². The largest absolute Gasteiger partial charge is 0.497 e. The van der Waals surface area contributed by atoms with E-state index < -0.39 is 17.7 Å². The molecule has 0 unspecified atom stereocenters. The molecular formula is C22H20ClF3N2O2. The van der Waals surface area contributed by atoms with Gasteiger partial charge in [-0.2, -0.15) is 13.2 Å². The molecule has 1 saturated carbocycles. The Balaban J connectivity index is 1.79. The van der Waals surface area contributed by atoms with E-state index in [0.29, 0.717) is 5.75 Å². The Kier molecular flexibility index (Phi) is 5.18. The number of nitrogens with one attached hydrogen (secondary N) is 1. The molecular weight excluding hydrogens is 417 g/mol. The Morgan fingerprint density at radius 1 is 1.23 bits per heavy atom. The number of hydrogen-bond acceptors (Lipinski definition) is 2. The summed E-state index contributed by atoms with van der Waals surface area (Å²) in [6.45, 7) is 0.102. The molecule has 2 amide bonds. The Morgan fingerprint density at radius 2 is 1.93 bits per heavy atom. The highest BCUT2D eigenvalue weighted by atomic mass is 35.5. The summed E-state index contributed by atoms with van der Waals surface area (Å²) in [4.78, 5) is 14.2. The van der Waals surface area contributed by atoms with E-state index in [1.54, 1.807) is 31.4 Å². The summed E-state index contributed by atoms with van der Waals surface area (Å²) >= 11 is 6.07. The van der Waals surface area contributed by atoms with Gasteiger partial charge in [0.2, 0.25) is 0 Å². The number of alkyl halides is 3. The molecule has 0 bridgehead atoms. The van der Waals surface area contributed by atoms with Crippen molar-refractivity contribution in [3.8, 4) is 5.75 Å². The lowest BCUT2D eigenvalue weighted by molar-refractivity contribution is -0.182. The molecule has 2 aromatic rings. The van der Waals surface area contributed by atoms with E-state index in [9.17, 15) is 18.0 Å². The summed E-state index contributed by atoms with van der Waals surface area (Å²) in [6, 6.07) is 10.4. The minimum absolute atomic E-state index is 0.0903. The van der Waals surface area contributed by atoms with Crippen LogP contribution in [0.5, 0.6) is 5.75 Å². The minimum atomic E-state index is -4.74. The van der Waals surface area contributed by atoms with E-state index in [1.807, 2.05) is 0 Å². The van der Waals surface area contributed by atoms with Gasteiger partial charge in [-0.25, -0.2) is 4.79 Å². The Labute approximate surface area is 177 Å². The number of allylic oxidation sites excluding steroid dienone is 1. The zero-order valence-corrected chi connectivity index (χ0v) is 16.9. The highest BCUT2D eigenvalue weighted by Crippen LogP contribution is 2.48. The maximum Gasteiger partial charge on any atom is 0.419 e. The van der Waals surface area contributed by atoms with Crippen molar-refractivity contribution in [2.45, 2.75) is 31.1 Å². The zero-order valence-electron chi connectivity index (χ0n) is 16.2. The van der Waals surface area contributed by atoms with E-state index >= 15 is 0 Å². The van der Waals surface area contributed by atoms with E-state index in [-0.39, 0.29) is 28.7 Å². The number of nitrogens with zero attached hydrogens (tertiary/aromatic N) is 1. The van der Waals surface area contributed by atoms with Crippen molar-refractivity contribution in [1.29, 1.82) is 0 Å². The van der Waals surface area contributed by atoms with Crippen LogP contribution in [0.2, 0.25) is 5.02 Å². The first-order valence-corrected chi connectivity index (χ1v) is 9.90. The summed E-state index contributed by atoms with van der Waals surface area (Å²) in [7, 11) is 1.54. The van der Waals surface area contributed by atoms with Crippen LogP contribution < -0.4 is 15.0 Å². The summed E-state index contributed by atoms with van der Waals surface area (Å²) in [5.41, 5.74) is -1.78. The second kappa shape index (κ2) is 7.54. The predicted molar refractivity (Wildman–Crippen MR) is 109 cm³/mol. The second-order valence-electron chi connectivity index (χ2n) is 7.53. The zero-order chi connectivity index (χ0) is 21.5. The third kappa shape index (κ3) is 3.74. The molecule has 2 aromatic carbocycles. The molecule has 4 nitrogen and oxygen atoms in total. The van der Waals surface area contributed by atoms with Gasteiger partial charge in [0, 0.05) is 10.6 Å². The Bertz CT molecular complexity index is 987. The Hall–Kier alpha value is -2.67. The van der Waals surface area contributed by atoms with Crippen LogP contribution in [-0.4, -0.2) is 19.3 Å². The number of anilines is 1. The molecule has 1 aliphatic heterocycles. The van der Waals surface area contributed by atoms with E-state index in [4.69, 9.17) is 16.3 Å². The average molecular weight is 437 g/mol. The van der Waals surface area contributed by atoms with Gasteiger partial charge in [0.1, 0.15) is 5.75 Å². The third-order valence-corrected chi connectivity index (χ3v) is 5.65. The lowest BCUT2D eigenvalue weighted by Crippen LogP contribution is -2.61. The van der Waals surface area contributed by atoms with Crippen LogP contribution in [-0.2, 0) is 12.1 Å². The van der Waals surface area contributed by atoms with E-state index in [1.165, 1.54) is 29.2 Å². The van der Waals surface area contributed by atoms with Crippen LogP contribution >= 0.6 is 11.6 Å². The number of methoxy groups -OCH3 is 1. The summed E-state index contributed by atoms with van der Waals surface area (Å²) in [6.07, 6.45) is -0.422. The van der Waals surface area contributed by atoms with E-state index in [0.717, 1.165) is 24.5 Å². The number of halogens is 4. The van der Waals surface area contributed by atoms with Crippen molar-refractivity contribution in [3.63, 3.8) is 0 Å². The number of ether oxygens (including phenoxy) is 1. The van der Waals surface area contributed by atoms with Gasteiger partial charge in [0.15, 0.2) is 5.54 Å². The second-order valence-corrected chi connectivity index (χ2v) is 7.96. The first-order chi connectivity index (χ1) is 14.2. The standard InChI is InChI=1S/C22H20ClF3N2O2/c1-30-17-7-4-15(5-8-17)13-28-19-9-6-16(23)12-18(19)21(22(24,25)26,27-20(28)29)11-10-14-2-3-14/h4-12,14H,2-3,13H2,1H3,(H,27,29)/b11-10+/t21-/m0/s1. The summed E-state index contributed by atoms with van der Waals surface area (Å²) < 4.78 is 48.2. The van der Waals surface area contributed by atoms with Gasteiger partial charge in [-0.3, -0.25) is 4.90 Å². The highest BCUT2D eigenvalue weighted by Gasteiger charge is 2.59. The first kappa shape index (κ1) is 20.6. The summed E-state index contributed by atoms with van der Waals surface area (Å²) in [5, 5.41) is 2.39. The topological polar surface area (TPSA) is 41.6 Å². The number of benzene rings is 2. The molecule has 8 heteroatoms. The fraction of sp³-hybridized carbons (Fsp3) is 0.318. The molecule has 1 fully saturated rings. The third-order valence-electron chi connectivity index (χ3n) is 5.41. The lowest BCUT2D eigenvalue weighted by Gasteiger charge is -2.43. The van der Waals surface area contributed by atoms with Gasteiger partial charge in [0.25, 0.3) is 0 Å². The maximum absolute atomic E-state index is 14.3. The van der Waals surface area contributed by atoms with Crippen LogP contribution in [0.1, 0.15) is 24.0 Å². The molecule has 0 saturated heterocycles. The molecule has 158 valence electrons. The van der Waals surface area contributed by atoms with Gasteiger partial charge in [-0.05, 0) is 60.7 Å². The molecule has 1 atom stereocenters. The van der Waals surface area contributed by atoms with Gasteiger partial charge >= 0.3 is 12.2 Å². The predicted octanol–water partition coefficient (Wildman–Crippen LogP) is 5.80. The van der Waals surface area contributed by atoms with Crippen LogP contribution in [0, 0.1) is 5.92 Å². The molecule has 0 aromatic heterocycles. The van der Waals surface area contributed by atoms with Crippen LogP contribution in [0.3, 0.4) is 0 Å². The molecule has 0 spiro atoms. The number of carbonyl (C=O) groups is 1. The van der Waals surface area contributed by atoms with Crippen molar-refractivity contribution in [2.24, 2.45) is 5.92 Å². The fourth-order valence-corrected chi connectivity index (χ4v) is 3.73. The number of urea groups is 1. The van der Waals surface area contributed by atoms with Gasteiger partial charge in [0.05, 0.1) is 19.3 Å². The van der Waals surface area contributed by atoms with Crippen molar-refractivity contribution >= 4 is 23.3 Å². The number of fused-ring (bicyclic) bond motifs is 1. The van der Waals surface area contributed by atoms with Crippen LogP contribution in [0.25, 0.3) is 0 Å². The minimum Gasteiger partial charge on any atom is -0.497 e. The maximum atomic E-state index is 14.3. The Morgan fingerprint density at radius 3 is 2.53 bits per heavy atom. The number of hydrogen-bond donors (Lipinski definition) is 1. The summed E-state index contributed by atoms with van der Waals surface area (Å²) in [5.74, 6) is 0.761. The van der Waals surface area contributed by atoms with Crippen LogP contribution in [0.15, 0.2) is 54.6 Å². The van der Waals surface area contributed by atoms with Gasteiger partial charge in [-0.15, -0.1) is 0 Å². The van der Waals surface area contributed by atoms with Crippen LogP contribution in [0.4, 0.5) is 23.7 Å². The highest BCUT2D eigenvalue weighted by molar-refractivity contribution is 6.30. The fourth-order valence-electron chi connectivity index (χ4n) is 3.56. The van der Waals surface area contributed by atoms with Crippen molar-refractivity contribution in [1.82, 2.24) is 5.32 Å². The van der Waals surface area contributed by atoms with Crippen molar-refractivity contribution in [2.75, 3.05) is 12.0 Å². The first-order valence-electron chi connectivity index (χ1n) is 9.52. The molecule has 1 aliphatic carbocycles. The molecule has 4 rings (SSSR count). The smallest absolute Gasteiger partial charge is 0.419 e. The SMILES string of the molecule is COc1ccc(CN2C(=O)N[C@](/C=C/C3CC3)(C(F)(F)F)c3cc(Cl)ccc32)cc1. The number of rotatable bonds is 5. The van der Waals surface area contributed by atoms with Gasteiger partial charge in [-0.1, -0.05) is 29.8 Å². The monoisotopic (exact) mass is 436 g/mol. The molecule has 1 N–H and O–H groups in total. The lowest BCUT2D eigenvalue weighted by atomic mass is 9.84.